The van der Waals surface area contributed by atoms with Gasteiger partial charge in [-0.15, -0.1) is 0 Å². The van der Waals surface area contributed by atoms with E-state index in [1.165, 1.54) is 12.1 Å². The average molecular weight is 289 g/mol. The van der Waals surface area contributed by atoms with Gasteiger partial charge in [-0.25, -0.2) is 4.39 Å². The molecule has 3 nitrogen and oxygen atoms in total. The van der Waals surface area contributed by atoms with E-state index in [2.05, 4.69) is 0 Å². The van der Waals surface area contributed by atoms with Crippen molar-refractivity contribution in [2.24, 2.45) is 5.73 Å². The standard InChI is InChI=1S/C17H20FNO2/c1-17(20,14-5-3-2-4-6-14)11-16(19)21-12-13-7-9-15(18)10-8-13/h2-10,16,20H,11-12,19H2,1H3. The highest BCUT2D eigenvalue weighted by Gasteiger charge is 2.26. The van der Waals surface area contributed by atoms with Gasteiger partial charge in [0.05, 0.1) is 12.2 Å². The maximum absolute atomic E-state index is 12.8. The third-order valence-corrected chi connectivity index (χ3v) is 3.37. The Bertz CT molecular complexity index is 555. The van der Waals surface area contributed by atoms with Gasteiger partial charge in [-0.1, -0.05) is 42.5 Å². The summed E-state index contributed by atoms with van der Waals surface area (Å²) in [6.07, 6.45) is -0.330. The van der Waals surface area contributed by atoms with E-state index < -0.39 is 11.8 Å². The van der Waals surface area contributed by atoms with Crippen LogP contribution >= 0.6 is 0 Å². The fraction of sp³-hybridized carbons (Fsp3) is 0.294. The molecule has 2 aromatic carbocycles. The molecule has 0 aliphatic carbocycles. The molecule has 0 aliphatic rings. The summed E-state index contributed by atoms with van der Waals surface area (Å²) >= 11 is 0. The van der Waals surface area contributed by atoms with Crippen LogP contribution in [0.15, 0.2) is 54.6 Å². The van der Waals surface area contributed by atoms with E-state index in [1.54, 1.807) is 19.1 Å². The van der Waals surface area contributed by atoms with Gasteiger partial charge in [-0.05, 0) is 30.2 Å². The molecule has 0 aliphatic heterocycles. The van der Waals surface area contributed by atoms with Crippen molar-refractivity contribution >= 4 is 0 Å². The third kappa shape index (κ3) is 4.63. The Morgan fingerprint density at radius 1 is 1.14 bits per heavy atom. The van der Waals surface area contributed by atoms with Crippen molar-refractivity contribution in [1.82, 2.24) is 0 Å². The van der Waals surface area contributed by atoms with Crippen molar-refractivity contribution in [2.75, 3.05) is 0 Å². The van der Waals surface area contributed by atoms with Crippen LogP contribution in [0.4, 0.5) is 4.39 Å². The molecular weight excluding hydrogens is 269 g/mol. The smallest absolute Gasteiger partial charge is 0.123 e. The zero-order chi connectivity index (χ0) is 15.3. The van der Waals surface area contributed by atoms with Gasteiger partial charge in [0.1, 0.15) is 12.0 Å². The first-order valence-electron chi connectivity index (χ1n) is 6.87. The Morgan fingerprint density at radius 3 is 2.38 bits per heavy atom. The largest absolute Gasteiger partial charge is 0.385 e. The second-order valence-corrected chi connectivity index (χ2v) is 5.32. The number of rotatable bonds is 6. The Morgan fingerprint density at radius 2 is 1.76 bits per heavy atom. The molecule has 2 unspecified atom stereocenters. The SMILES string of the molecule is CC(O)(CC(N)OCc1ccc(F)cc1)c1ccccc1. The minimum Gasteiger partial charge on any atom is -0.385 e. The molecule has 0 bridgehead atoms. The molecule has 4 heteroatoms. The number of aliphatic hydroxyl groups is 1. The molecule has 2 aromatic rings. The van der Waals surface area contributed by atoms with Crippen LogP contribution in [0.1, 0.15) is 24.5 Å². The van der Waals surface area contributed by atoms with Crippen molar-refractivity contribution < 1.29 is 14.2 Å². The van der Waals surface area contributed by atoms with Crippen LogP contribution in [0.25, 0.3) is 0 Å². The number of benzene rings is 2. The molecule has 0 amide bonds. The van der Waals surface area contributed by atoms with Crippen molar-refractivity contribution in [3.63, 3.8) is 0 Å². The molecule has 3 N–H and O–H groups in total. The van der Waals surface area contributed by atoms with E-state index in [-0.39, 0.29) is 18.8 Å². The molecule has 0 radical (unpaired) electrons. The van der Waals surface area contributed by atoms with E-state index >= 15 is 0 Å². The number of halogens is 1. The number of hydrogen-bond donors (Lipinski definition) is 2. The van der Waals surface area contributed by atoms with Crippen LogP contribution in [-0.4, -0.2) is 11.3 Å². The summed E-state index contributed by atoms with van der Waals surface area (Å²) in [5, 5.41) is 10.5. The number of nitrogens with two attached hydrogens (primary N) is 1. The molecule has 0 saturated carbocycles. The summed E-state index contributed by atoms with van der Waals surface area (Å²) in [5.74, 6) is -0.282. The normalized spacial score (nSPS) is 15.4. The van der Waals surface area contributed by atoms with Gasteiger partial charge < -0.3 is 15.6 Å². The first-order valence-corrected chi connectivity index (χ1v) is 6.87. The predicted octanol–water partition coefficient (Wildman–Crippen LogP) is 2.92. The van der Waals surface area contributed by atoms with Crippen LogP contribution in [0.3, 0.4) is 0 Å². The average Bonchev–Trinajstić information content (AvgIpc) is 2.47. The minimum atomic E-state index is -1.05. The fourth-order valence-electron chi connectivity index (χ4n) is 2.15. The van der Waals surface area contributed by atoms with Gasteiger partial charge in [0.25, 0.3) is 0 Å². The van der Waals surface area contributed by atoms with Crippen molar-refractivity contribution in [1.29, 1.82) is 0 Å². The van der Waals surface area contributed by atoms with Gasteiger partial charge in [0, 0.05) is 6.42 Å². The van der Waals surface area contributed by atoms with Crippen LogP contribution in [-0.2, 0) is 16.9 Å². The Kier molecular flexibility index (Phi) is 5.07. The van der Waals surface area contributed by atoms with Crippen LogP contribution < -0.4 is 5.73 Å². The summed E-state index contributed by atoms with van der Waals surface area (Å²) < 4.78 is 18.3. The lowest BCUT2D eigenvalue weighted by molar-refractivity contribution is -0.0365. The zero-order valence-electron chi connectivity index (χ0n) is 12.0. The van der Waals surface area contributed by atoms with Crippen molar-refractivity contribution in [3.05, 3.63) is 71.5 Å². The summed E-state index contributed by atoms with van der Waals surface area (Å²) in [6.45, 7) is 2.00. The van der Waals surface area contributed by atoms with Gasteiger partial charge in [0.2, 0.25) is 0 Å². The highest BCUT2D eigenvalue weighted by Crippen LogP contribution is 2.25. The highest BCUT2D eigenvalue weighted by molar-refractivity contribution is 5.21. The predicted molar refractivity (Wildman–Crippen MR) is 79.8 cm³/mol. The van der Waals surface area contributed by atoms with E-state index in [0.29, 0.717) is 0 Å². The lowest BCUT2D eigenvalue weighted by atomic mass is 9.92. The Labute approximate surface area is 124 Å². The molecule has 2 atom stereocenters. The Hall–Kier alpha value is -1.75. The molecular formula is C17H20FNO2. The molecule has 112 valence electrons. The highest BCUT2D eigenvalue weighted by atomic mass is 19.1. The molecule has 0 saturated heterocycles. The molecule has 0 heterocycles. The van der Waals surface area contributed by atoms with Gasteiger partial charge in [0.15, 0.2) is 0 Å². The summed E-state index contributed by atoms with van der Waals surface area (Å²) in [7, 11) is 0. The maximum Gasteiger partial charge on any atom is 0.123 e. The molecule has 0 spiro atoms. The summed E-state index contributed by atoms with van der Waals surface area (Å²) in [6, 6.07) is 15.4. The first kappa shape index (κ1) is 15.6. The first-order chi connectivity index (χ1) is 9.97. The third-order valence-electron chi connectivity index (χ3n) is 3.37. The second-order valence-electron chi connectivity index (χ2n) is 5.32. The zero-order valence-corrected chi connectivity index (χ0v) is 12.0. The maximum atomic E-state index is 12.8. The monoisotopic (exact) mass is 289 g/mol. The van der Waals surface area contributed by atoms with Crippen LogP contribution in [0, 0.1) is 5.82 Å². The van der Waals surface area contributed by atoms with E-state index in [9.17, 15) is 9.50 Å². The van der Waals surface area contributed by atoms with E-state index in [1.807, 2.05) is 30.3 Å². The van der Waals surface area contributed by atoms with Gasteiger partial charge in [-0.3, -0.25) is 0 Å². The molecule has 21 heavy (non-hydrogen) atoms. The van der Waals surface area contributed by atoms with Crippen molar-refractivity contribution in [3.8, 4) is 0 Å². The molecule has 0 aromatic heterocycles. The second kappa shape index (κ2) is 6.80. The minimum absolute atomic E-state index is 0.276. The van der Waals surface area contributed by atoms with Gasteiger partial charge in [-0.2, -0.15) is 0 Å². The van der Waals surface area contributed by atoms with Crippen molar-refractivity contribution in [2.45, 2.75) is 31.8 Å². The fourth-order valence-corrected chi connectivity index (χ4v) is 2.15. The van der Waals surface area contributed by atoms with Crippen LogP contribution in [0.2, 0.25) is 0 Å². The molecule has 2 rings (SSSR count). The van der Waals surface area contributed by atoms with Gasteiger partial charge >= 0.3 is 0 Å². The number of hydrogen-bond acceptors (Lipinski definition) is 3. The quantitative estimate of drug-likeness (QED) is 0.804. The molecule has 0 fully saturated rings. The van der Waals surface area contributed by atoms with E-state index in [0.717, 1.165) is 11.1 Å². The number of ether oxygens (including phenoxy) is 1. The lowest BCUT2D eigenvalue weighted by Gasteiger charge is -2.27. The summed E-state index contributed by atoms with van der Waals surface area (Å²) in [4.78, 5) is 0. The summed E-state index contributed by atoms with van der Waals surface area (Å²) in [5.41, 5.74) is 6.50. The van der Waals surface area contributed by atoms with E-state index in [4.69, 9.17) is 10.5 Å². The lowest BCUT2D eigenvalue weighted by Crippen LogP contribution is -2.34. The van der Waals surface area contributed by atoms with Crippen LogP contribution in [0.5, 0.6) is 0 Å². The Balaban J connectivity index is 1.89. The topological polar surface area (TPSA) is 55.5 Å².